The minimum Gasteiger partial charge on any atom is -0.495 e. The number of aryl methyl sites for hydroxylation is 1. The lowest BCUT2D eigenvalue weighted by Gasteiger charge is -2.17. The molecular weight excluding hydrogens is 328 g/mol. The number of rotatable bonds is 7. The number of benzene rings is 2. The largest absolute Gasteiger partial charge is 0.495 e. The molecule has 1 saturated carbocycles. The highest BCUT2D eigenvalue weighted by atomic mass is 16.5. The van der Waals surface area contributed by atoms with Gasteiger partial charge in [-0.3, -0.25) is 9.59 Å². The molecule has 1 aliphatic rings. The van der Waals surface area contributed by atoms with Crippen LogP contribution < -0.4 is 15.4 Å². The highest BCUT2D eigenvalue weighted by molar-refractivity contribution is 6.13. The maximum atomic E-state index is 12.7. The minimum atomic E-state index is -0.953. The van der Waals surface area contributed by atoms with E-state index >= 15 is 0 Å². The zero-order chi connectivity index (χ0) is 18.6. The van der Waals surface area contributed by atoms with Gasteiger partial charge in [0, 0.05) is 6.54 Å². The average molecular weight is 352 g/mol. The quantitative estimate of drug-likeness (QED) is 0.753. The zero-order valence-electron chi connectivity index (χ0n) is 15.2. The molecule has 2 aromatic rings. The molecule has 1 aliphatic carbocycles. The van der Waals surface area contributed by atoms with E-state index in [9.17, 15) is 9.59 Å². The van der Waals surface area contributed by atoms with Crippen molar-refractivity contribution in [3.8, 4) is 5.75 Å². The molecule has 0 aliphatic heterocycles. The third-order valence-electron chi connectivity index (χ3n) is 4.76. The van der Waals surface area contributed by atoms with Gasteiger partial charge in [0.05, 0.1) is 12.8 Å². The Morgan fingerprint density at radius 3 is 2.46 bits per heavy atom. The van der Waals surface area contributed by atoms with Gasteiger partial charge < -0.3 is 15.4 Å². The summed E-state index contributed by atoms with van der Waals surface area (Å²) < 4.78 is 5.29. The fourth-order valence-corrected chi connectivity index (χ4v) is 2.98. The van der Waals surface area contributed by atoms with E-state index in [1.807, 2.05) is 55.5 Å². The lowest BCUT2D eigenvalue weighted by molar-refractivity contribution is -0.134. The molecule has 0 saturated heterocycles. The lowest BCUT2D eigenvalue weighted by atomic mass is 10.0. The Morgan fingerprint density at radius 1 is 1.08 bits per heavy atom. The van der Waals surface area contributed by atoms with Crippen LogP contribution in [0.4, 0.5) is 5.69 Å². The van der Waals surface area contributed by atoms with E-state index in [2.05, 4.69) is 10.6 Å². The van der Waals surface area contributed by atoms with Crippen molar-refractivity contribution in [1.82, 2.24) is 5.32 Å². The molecule has 1 fully saturated rings. The van der Waals surface area contributed by atoms with Crippen LogP contribution in [0.3, 0.4) is 0 Å². The van der Waals surface area contributed by atoms with Gasteiger partial charge in [0.2, 0.25) is 11.8 Å². The smallest absolute Gasteiger partial charge is 0.240 e. The highest BCUT2D eigenvalue weighted by Gasteiger charge is 2.56. The van der Waals surface area contributed by atoms with Gasteiger partial charge in [-0.15, -0.1) is 0 Å². The number of carbonyl (C=O) groups is 2. The Bertz CT molecular complexity index is 798. The van der Waals surface area contributed by atoms with Crippen molar-refractivity contribution >= 4 is 17.5 Å². The molecule has 2 N–H and O–H groups in total. The SMILES string of the molecule is COc1ccc(C)cc1NC(=O)C1(C(=O)NCCc2ccccc2)CC1. The molecule has 3 rings (SSSR count). The van der Waals surface area contributed by atoms with Crippen molar-refractivity contribution in [2.75, 3.05) is 19.0 Å². The van der Waals surface area contributed by atoms with E-state index in [1.165, 1.54) is 0 Å². The molecule has 2 amide bonds. The highest BCUT2D eigenvalue weighted by Crippen LogP contribution is 2.47. The molecule has 0 unspecified atom stereocenters. The number of hydrogen-bond donors (Lipinski definition) is 2. The van der Waals surface area contributed by atoms with Gasteiger partial charge in [0.1, 0.15) is 11.2 Å². The zero-order valence-corrected chi connectivity index (χ0v) is 15.2. The van der Waals surface area contributed by atoms with Crippen molar-refractivity contribution in [1.29, 1.82) is 0 Å². The number of ether oxygens (including phenoxy) is 1. The second-order valence-electron chi connectivity index (χ2n) is 6.73. The van der Waals surface area contributed by atoms with E-state index < -0.39 is 5.41 Å². The van der Waals surface area contributed by atoms with E-state index in [1.54, 1.807) is 7.11 Å². The Kier molecular flexibility index (Phi) is 5.26. The fraction of sp³-hybridized carbons (Fsp3) is 0.333. The molecular formula is C21H24N2O3. The van der Waals surface area contributed by atoms with Gasteiger partial charge in [-0.25, -0.2) is 0 Å². The summed E-state index contributed by atoms with van der Waals surface area (Å²) in [6, 6.07) is 15.5. The monoisotopic (exact) mass is 352 g/mol. The first kappa shape index (κ1) is 18.0. The van der Waals surface area contributed by atoms with Crippen LogP contribution in [0.15, 0.2) is 48.5 Å². The van der Waals surface area contributed by atoms with Crippen LogP contribution in [-0.2, 0) is 16.0 Å². The van der Waals surface area contributed by atoms with Crippen LogP contribution in [-0.4, -0.2) is 25.5 Å². The molecule has 5 nitrogen and oxygen atoms in total. The number of anilines is 1. The molecule has 0 radical (unpaired) electrons. The maximum Gasteiger partial charge on any atom is 0.240 e. The third kappa shape index (κ3) is 3.87. The van der Waals surface area contributed by atoms with Crippen molar-refractivity contribution < 1.29 is 14.3 Å². The topological polar surface area (TPSA) is 67.4 Å². The summed E-state index contributed by atoms with van der Waals surface area (Å²) in [6.07, 6.45) is 1.89. The molecule has 5 heteroatoms. The van der Waals surface area contributed by atoms with Gasteiger partial charge >= 0.3 is 0 Å². The normalized spacial score (nSPS) is 14.4. The second kappa shape index (κ2) is 7.60. The number of nitrogens with one attached hydrogen (secondary N) is 2. The van der Waals surface area contributed by atoms with Crippen LogP contribution in [0.1, 0.15) is 24.0 Å². The molecule has 0 spiro atoms. The van der Waals surface area contributed by atoms with Gasteiger partial charge in [-0.05, 0) is 49.4 Å². The van der Waals surface area contributed by atoms with Crippen molar-refractivity contribution in [2.45, 2.75) is 26.2 Å². The molecule has 0 heterocycles. The van der Waals surface area contributed by atoms with Crippen LogP contribution in [0.5, 0.6) is 5.75 Å². The maximum absolute atomic E-state index is 12.7. The van der Waals surface area contributed by atoms with Crippen LogP contribution in [0.25, 0.3) is 0 Å². The molecule has 2 aromatic carbocycles. The molecule has 0 atom stereocenters. The first-order valence-corrected chi connectivity index (χ1v) is 8.83. The van der Waals surface area contributed by atoms with Gasteiger partial charge in [0.25, 0.3) is 0 Å². The predicted molar refractivity (Wildman–Crippen MR) is 101 cm³/mol. The summed E-state index contributed by atoms with van der Waals surface area (Å²) in [5, 5.41) is 5.78. The molecule has 0 aromatic heterocycles. The van der Waals surface area contributed by atoms with Crippen molar-refractivity contribution in [2.24, 2.45) is 5.41 Å². The van der Waals surface area contributed by atoms with Gasteiger partial charge in [0.15, 0.2) is 0 Å². The van der Waals surface area contributed by atoms with E-state index in [0.717, 1.165) is 17.5 Å². The summed E-state index contributed by atoms with van der Waals surface area (Å²) in [5.74, 6) is 0.125. The summed E-state index contributed by atoms with van der Waals surface area (Å²) in [7, 11) is 1.56. The summed E-state index contributed by atoms with van der Waals surface area (Å²) in [5.41, 5.74) is 1.82. The van der Waals surface area contributed by atoms with Crippen LogP contribution in [0.2, 0.25) is 0 Å². The van der Waals surface area contributed by atoms with Gasteiger partial charge in [-0.2, -0.15) is 0 Å². The number of methoxy groups -OCH3 is 1. The Labute approximate surface area is 153 Å². The fourth-order valence-electron chi connectivity index (χ4n) is 2.98. The average Bonchev–Trinajstić information content (AvgIpc) is 3.45. The van der Waals surface area contributed by atoms with E-state index in [0.29, 0.717) is 30.8 Å². The molecule has 0 bridgehead atoms. The Morgan fingerprint density at radius 2 is 1.81 bits per heavy atom. The first-order chi connectivity index (χ1) is 12.5. The van der Waals surface area contributed by atoms with Crippen molar-refractivity contribution in [3.05, 3.63) is 59.7 Å². The number of carbonyl (C=O) groups excluding carboxylic acids is 2. The lowest BCUT2D eigenvalue weighted by Crippen LogP contribution is -2.40. The van der Waals surface area contributed by atoms with E-state index in [4.69, 9.17) is 4.74 Å². The summed E-state index contributed by atoms with van der Waals surface area (Å²) >= 11 is 0. The predicted octanol–water partition coefficient (Wildman–Crippen LogP) is 3.08. The first-order valence-electron chi connectivity index (χ1n) is 8.83. The third-order valence-corrected chi connectivity index (χ3v) is 4.76. The number of hydrogen-bond acceptors (Lipinski definition) is 3. The summed E-state index contributed by atoms with van der Waals surface area (Å²) in [4.78, 5) is 25.3. The van der Waals surface area contributed by atoms with Crippen molar-refractivity contribution in [3.63, 3.8) is 0 Å². The number of amides is 2. The molecule has 136 valence electrons. The Balaban J connectivity index is 1.60. The summed E-state index contributed by atoms with van der Waals surface area (Å²) in [6.45, 7) is 2.46. The van der Waals surface area contributed by atoms with Gasteiger partial charge in [-0.1, -0.05) is 36.4 Å². The van der Waals surface area contributed by atoms with Crippen LogP contribution >= 0.6 is 0 Å². The van der Waals surface area contributed by atoms with Crippen LogP contribution in [0, 0.1) is 12.3 Å². The molecule has 26 heavy (non-hydrogen) atoms. The Hall–Kier alpha value is -2.82. The minimum absolute atomic E-state index is 0.197. The standard InChI is InChI=1S/C21H24N2O3/c1-15-8-9-18(26-2)17(14-15)23-20(25)21(11-12-21)19(24)22-13-10-16-6-4-3-5-7-16/h3-9,14H,10-13H2,1-2H3,(H,22,24)(H,23,25). The van der Waals surface area contributed by atoms with E-state index in [-0.39, 0.29) is 11.8 Å². The second-order valence-corrected chi connectivity index (χ2v) is 6.73.